The number of rotatable bonds is 2. The van der Waals surface area contributed by atoms with Crippen molar-refractivity contribution < 1.29 is 0 Å². The molecule has 0 radical (unpaired) electrons. The van der Waals surface area contributed by atoms with Crippen LogP contribution in [0.1, 0.15) is 0 Å². The Bertz CT molecular complexity index is 630. The SMILES string of the molecule is Ic1nc(-c2cccnc2)nc(-c2ccccn2)n1. The molecule has 3 heterocycles. The second kappa shape index (κ2) is 5.35. The van der Waals surface area contributed by atoms with Gasteiger partial charge in [0.1, 0.15) is 5.69 Å². The normalized spacial score (nSPS) is 10.4. The van der Waals surface area contributed by atoms with Gasteiger partial charge < -0.3 is 0 Å². The van der Waals surface area contributed by atoms with Gasteiger partial charge >= 0.3 is 0 Å². The molecule has 6 heteroatoms. The molecule has 3 rings (SSSR count). The Morgan fingerprint density at radius 3 is 2.47 bits per heavy atom. The molecule has 0 fully saturated rings. The summed E-state index contributed by atoms with van der Waals surface area (Å²) in [5, 5.41) is 0. The van der Waals surface area contributed by atoms with Gasteiger partial charge in [-0.1, -0.05) is 6.07 Å². The van der Waals surface area contributed by atoms with Gasteiger partial charge in [0, 0.05) is 46.7 Å². The standard InChI is InChI=1S/C13H8IN5/c14-13-18-11(9-4-3-6-15-8-9)17-12(19-13)10-5-1-2-7-16-10/h1-8H. The lowest BCUT2D eigenvalue weighted by molar-refractivity contribution is 1.01. The third-order valence-electron chi connectivity index (χ3n) is 2.42. The van der Waals surface area contributed by atoms with E-state index in [4.69, 9.17) is 0 Å². The maximum absolute atomic E-state index is 4.44. The van der Waals surface area contributed by atoms with E-state index in [0.29, 0.717) is 15.5 Å². The zero-order valence-corrected chi connectivity index (χ0v) is 11.9. The maximum atomic E-state index is 4.44. The van der Waals surface area contributed by atoms with Crippen LogP contribution in [-0.4, -0.2) is 24.9 Å². The van der Waals surface area contributed by atoms with Gasteiger partial charge in [0.15, 0.2) is 15.5 Å². The molecular weight excluding hydrogens is 353 g/mol. The molecule has 3 aromatic heterocycles. The van der Waals surface area contributed by atoms with Crippen LogP contribution >= 0.6 is 22.6 Å². The van der Waals surface area contributed by atoms with Gasteiger partial charge in [-0.05, 0) is 24.3 Å². The van der Waals surface area contributed by atoms with Crippen LogP contribution in [0.2, 0.25) is 0 Å². The molecule has 0 aliphatic carbocycles. The van der Waals surface area contributed by atoms with E-state index in [0.717, 1.165) is 11.3 Å². The van der Waals surface area contributed by atoms with Crippen molar-refractivity contribution in [3.05, 3.63) is 52.8 Å². The number of hydrogen-bond donors (Lipinski definition) is 0. The molecule has 3 aromatic rings. The molecule has 0 unspecified atom stereocenters. The van der Waals surface area contributed by atoms with Gasteiger partial charge in [-0.2, -0.15) is 0 Å². The average molecular weight is 361 g/mol. The molecule has 0 atom stereocenters. The summed E-state index contributed by atoms with van der Waals surface area (Å²) in [5.74, 6) is 1.17. The Balaban J connectivity index is 2.12. The van der Waals surface area contributed by atoms with E-state index in [-0.39, 0.29) is 0 Å². The molecule has 0 aliphatic heterocycles. The summed E-state index contributed by atoms with van der Waals surface area (Å²) in [4.78, 5) is 21.4. The Morgan fingerprint density at radius 2 is 1.74 bits per heavy atom. The van der Waals surface area contributed by atoms with E-state index in [1.165, 1.54) is 0 Å². The number of pyridine rings is 2. The molecule has 0 amide bonds. The summed E-state index contributed by atoms with van der Waals surface area (Å²) >= 11 is 2.07. The molecular formula is C13H8IN5. The highest BCUT2D eigenvalue weighted by atomic mass is 127. The van der Waals surface area contributed by atoms with Gasteiger partial charge in [-0.3, -0.25) is 9.97 Å². The lowest BCUT2D eigenvalue weighted by Crippen LogP contribution is -2.00. The van der Waals surface area contributed by atoms with Crippen molar-refractivity contribution in [3.63, 3.8) is 0 Å². The fourth-order valence-electron chi connectivity index (χ4n) is 1.58. The van der Waals surface area contributed by atoms with Crippen molar-refractivity contribution in [1.82, 2.24) is 24.9 Å². The molecule has 5 nitrogen and oxygen atoms in total. The van der Waals surface area contributed by atoms with Crippen LogP contribution in [0.15, 0.2) is 48.9 Å². The molecule has 0 spiro atoms. The Kier molecular flexibility index (Phi) is 3.41. The van der Waals surface area contributed by atoms with Crippen LogP contribution in [0.25, 0.3) is 22.9 Å². The summed E-state index contributed by atoms with van der Waals surface area (Å²) in [6.07, 6.45) is 5.17. The van der Waals surface area contributed by atoms with Crippen molar-refractivity contribution in [2.45, 2.75) is 0 Å². The van der Waals surface area contributed by atoms with Gasteiger partial charge in [-0.25, -0.2) is 15.0 Å². The molecule has 0 aromatic carbocycles. The van der Waals surface area contributed by atoms with Crippen LogP contribution in [0.3, 0.4) is 0 Å². The summed E-state index contributed by atoms with van der Waals surface area (Å²) in [6.45, 7) is 0. The lowest BCUT2D eigenvalue weighted by Gasteiger charge is -2.03. The minimum atomic E-state index is 0.568. The minimum absolute atomic E-state index is 0.568. The number of aromatic nitrogens is 5. The molecule has 0 saturated heterocycles. The Hall–Kier alpha value is -1.96. The first-order valence-corrected chi connectivity index (χ1v) is 6.64. The van der Waals surface area contributed by atoms with E-state index < -0.39 is 0 Å². The van der Waals surface area contributed by atoms with E-state index in [9.17, 15) is 0 Å². The predicted molar refractivity (Wildman–Crippen MR) is 79.0 cm³/mol. The topological polar surface area (TPSA) is 64.5 Å². The quantitative estimate of drug-likeness (QED) is 0.657. The summed E-state index contributed by atoms with van der Waals surface area (Å²) in [6, 6.07) is 9.41. The molecule has 0 N–H and O–H groups in total. The second-order valence-electron chi connectivity index (χ2n) is 3.71. The highest BCUT2D eigenvalue weighted by molar-refractivity contribution is 14.1. The third kappa shape index (κ3) is 2.73. The highest BCUT2D eigenvalue weighted by Gasteiger charge is 2.09. The van der Waals surface area contributed by atoms with Crippen molar-refractivity contribution in [2.24, 2.45) is 0 Å². The van der Waals surface area contributed by atoms with Crippen LogP contribution in [-0.2, 0) is 0 Å². The summed E-state index contributed by atoms with van der Waals surface area (Å²) < 4.78 is 0.632. The molecule has 0 saturated carbocycles. The predicted octanol–water partition coefficient (Wildman–Crippen LogP) is 2.60. The van der Waals surface area contributed by atoms with Gasteiger partial charge in [0.2, 0.25) is 0 Å². The fourth-order valence-corrected chi connectivity index (χ4v) is 2.04. The second-order valence-corrected chi connectivity index (χ2v) is 4.67. The minimum Gasteiger partial charge on any atom is -0.264 e. The zero-order chi connectivity index (χ0) is 13.1. The zero-order valence-electron chi connectivity index (χ0n) is 9.73. The van der Waals surface area contributed by atoms with Crippen molar-refractivity contribution in [1.29, 1.82) is 0 Å². The average Bonchev–Trinajstić information content (AvgIpc) is 2.48. The van der Waals surface area contributed by atoms with Crippen LogP contribution in [0, 0.1) is 3.83 Å². The maximum Gasteiger partial charge on any atom is 0.194 e. The van der Waals surface area contributed by atoms with Crippen molar-refractivity contribution in [2.75, 3.05) is 0 Å². The Labute approximate surface area is 123 Å². The van der Waals surface area contributed by atoms with Crippen LogP contribution in [0.5, 0.6) is 0 Å². The first-order valence-electron chi connectivity index (χ1n) is 5.56. The summed E-state index contributed by atoms with van der Waals surface area (Å²) in [7, 11) is 0. The van der Waals surface area contributed by atoms with E-state index in [1.807, 2.05) is 30.3 Å². The summed E-state index contributed by atoms with van der Waals surface area (Å²) in [5.41, 5.74) is 1.59. The van der Waals surface area contributed by atoms with Gasteiger partial charge in [0.05, 0.1) is 0 Å². The molecule has 0 bridgehead atoms. The molecule has 19 heavy (non-hydrogen) atoms. The van der Waals surface area contributed by atoms with E-state index in [2.05, 4.69) is 47.5 Å². The van der Waals surface area contributed by atoms with Crippen molar-refractivity contribution in [3.8, 4) is 22.9 Å². The van der Waals surface area contributed by atoms with Gasteiger partial charge in [0.25, 0.3) is 0 Å². The molecule has 92 valence electrons. The number of nitrogens with zero attached hydrogens (tertiary/aromatic N) is 5. The first-order chi connectivity index (χ1) is 9.33. The number of hydrogen-bond acceptors (Lipinski definition) is 5. The largest absolute Gasteiger partial charge is 0.264 e. The highest BCUT2D eigenvalue weighted by Crippen LogP contribution is 2.18. The number of halogens is 1. The first kappa shape index (κ1) is 12.1. The van der Waals surface area contributed by atoms with E-state index in [1.54, 1.807) is 18.6 Å². The van der Waals surface area contributed by atoms with Crippen molar-refractivity contribution >= 4 is 22.6 Å². The Morgan fingerprint density at radius 1 is 0.842 bits per heavy atom. The van der Waals surface area contributed by atoms with Crippen LogP contribution < -0.4 is 0 Å². The smallest absolute Gasteiger partial charge is 0.194 e. The fraction of sp³-hybridized carbons (Fsp3) is 0. The third-order valence-corrected chi connectivity index (χ3v) is 2.90. The lowest BCUT2D eigenvalue weighted by atomic mass is 10.2. The molecule has 0 aliphatic rings. The monoisotopic (exact) mass is 361 g/mol. The van der Waals surface area contributed by atoms with Gasteiger partial charge in [-0.15, -0.1) is 0 Å². The van der Waals surface area contributed by atoms with Crippen LogP contribution in [0.4, 0.5) is 0 Å². The van der Waals surface area contributed by atoms with E-state index >= 15 is 0 Å².